The molecule has 0 aliphatic carbocycles. The highest BCUT2D eigenvalue weighted by molar-refractivity contribution is 5.82. The van der Waals surface area contributed by atoms with Crippen molar-refractivity contribution in [3.63, 3.8) is 0 Å². The van der Waals surface area contributed by atoms with Crippen LogP contribution in [0.4, 0.5) is 13.2 Å². The summed E-state index contributed by atoms with van der Waals surface area (Å²) >= 11 is 0. The summed E-state index contributed by atoms with van der Waals surface area (Å²) in [6, 6.07) is -0.435. The predicted octanol–water partition coefficient (Wildman–Crippen LogP) is -0.00450. The lowest BCUT2D eigenvalue weighted by Gasteiger charge is -2.45. The van der Waals surface area contributed by atoms with Gasteiger partial charge in [0.2, 0.25) is 0 Å². The summed E-state index contributed by atoms with van der Waals surface area (Å²) in [5.74, 6) is -1.78. The molecular weight excluding hydrogens is 225 g/mol. The maximum atomic E-state index is 12.3. The van der Waals surface area contributed by atoms with Gasteiger partial charge in [-0.05, 0) is 0 Å². The van der Waals surface area contributed by atoms with Crippen molar-refractivity contribution in [3.8, 4) is 0 Å². The van der Waals surface area contributed by atoms with E-state index >= 15 is 0 Å². The molecule has 2 saturated heterocycles. The molecule has 1 spiro atoms. The zero-order valence-electron chi connectivity index (χ0n) is 8.80. The van der Waals surface area contributed by atoms with Crippen LogP contribution in [0, 0.1) is 5.41 Å². The van der Waals surface area contributed by atoms with E-state index in [-0.39, 0.29) is 5.41 Å². The Balaban J connectivity index is 2.10. The van der Waals surface area contributed by atoms with E-state index in [0.29, 0.717) is 26.3 Å². The second kappa shape index (κ2) is 3.59. The van der Waals surface area contributed by atoms with Crippen molar-refractivity contribution in [1.82, 2.24) is 10.2 Å². The Bertz CT molecular complexity index is 302. The summed E-state index contributed by atoms with van der Waals surface area (Å²) in [6.07, 6.45) is -4.80. The smallest absolute Gasteiger partial charge is 0.380 e. The molecule has 2 fully saturated rings. The normalized spacial score (nSPS) is 27.9. The third-order valence-electron chi connectivity index (χ3n) is 3.33. The number of hydrogen-bond acceptors (Lipinski definition) is 3. The zero-order valence-corrected chi connectivity index (χ0v) is 8.80. The van der Waals surface area contributed by atoms with Gasteiger partial charge in [0.25, 0.3) is 0 Å². The highest BCUT2D eigenvalue weighted by atomic mass is 19.4. The third-order valence-corrected chi connectivity index (χ3v) is 3.33. The Kier molecular flexibility index (Phi) is 2.62. The molecule has 2 heterocycles. The zero-order chi connectivity index (χ0) is 12.0. The van der Waals surface area contributed by atoms with Crippen molar-refractivity contribution in [2.45, 2.75) is 12.2 Å². The van der Waals surface area contributed by atoms with E-state index in [2.05, 4.69) is 5.32 Å². The van der Waals surface area contributed by atoms with Crippen molar-refractivity contribution in [2.75, 3.05) is 33.4 Å². The number of halogens is 3. The Labute approximate surface area is 90.7 Å². The first-order valence-electron chi connectivity index (χ1n) is 4.99. The fraction of sp³-hybridized carbons (Fsp3) is 0.889. The summed E-state index contributed by atoms with van der Waals surface area (Å²) in [5, 5.41) is 3.01. The summed E-state index contributed by atoms with van der Waals surface area (Å²) in [4.78, 5) is 11.9. The molecule has 0 aromatic rings. The average molecular weight is 238 g/mol. The first-order valence-corrected chi connectivity index (χ1v) is 4.99. The van der Waals surface area contributed by atoms with E-state index in [0.717, 1.165) is 4.90 Å². The van der Waals surface area contributed by atoms with Crippen molar-refractivity contribution < 1.29 is 22.7 Å². The van der Waals surface area contributed by atoms with Crippen LogP contribution < -0.4 is 5.32 Å². The first kappa shape index (κ1) is 11.7. The molecular formula is C9H13F3N2O2. The van der Waals surface area contributed by atoms with Crippen LogP contribution in [0.15, 0.2) is 0 Å². The first-order chi connectivity index (χ1) is 7.37. The van der Waals surface area contributed by atoms with Crippen LogP contribution in [0.5, 0.6) is 0 Å². The highest BCUT2D eigenvalue weighted by Gasteiger charge is 2.54. The quantitative estimate of drug-likeness (QED) is 0.699. The molecule has 0 saturated carbocycles. The molecule has 0 aromatic heterocycles. The number of amides is 1. The SMILES string of the molecule is CN(C(=O)C(F)(F)F)[C@H]1CNCC12COC2. The van der Waals surface area contributed by atoms with Gasteiger partial charge < -0.3 is 15.0 Å². The maximum Gasteiger partial charge on any atom is 0.471 e. The van der Waals surface area contributed by atoms with Gasteiger partial charge in [-0.15, -0.1) is 0 Å². The number of nitrogens with zero attached hydrogens (tertiary/aromatic N) is 1. The lowest BCUT2D eigenvalue weighted by Crippen LogP contribution is -2.59. The van der Waals surface area contributed by atoms with Gasteiger partial charge in [0.15, 0.2) is 0 Å². The van der Waals surface area contributed by atoms with E-state index in [4.69, 9.17) is 4.74 Å². The molecule has 2 aliphatic rings. The number of ether oxygens (including phenoxy) is 1. The molecule has 7 heteroatoms. The van der Waals surface area contributed by atoms with Crippen molar-refractivity contribution in [2.24, 2.45) is 5.41 Å². The highest BCUT2D eigenvalue weighted by Crippen LogP contribution is 2.37. The molecule has 0 unspecified atom stereocenters. The monoisotopic (exact) mass is 238 g/mol. The van der Waals surface area contributed by atoms with Gasteiger partial charge in [0.1, 0.15) is 0 Å². The molecule has 1 amide bonds. The van der Waals surface area contributed by atoms with Gasteiger partial charge in [-0.25, -0.2) is 0 Å². The van der Waals surface area contributed by atoms with Crippen LogP contribution >= 0.6 is 0 Å². The van der Waals surface area contributed by atoms with Gasteiger partial charge in [0.05, 0.1) is 24.7 Å². The number of likely N-dealkylation sites (N-methyl/N-ethyl adjacent to an activating group) is 1. The fourth-order valence-corrected chi connectivity index (χ4v) is 2.34. The van der Waals surface area contributed by atoms with Gasteiger partial charge in [-0.3, -0.25) is 4.79 Å². The van der Waals surface area contributed by atoms with Gasteiger partial charge in [0, 0.05) is 20.1 Å². The van der Waals surface area contributed by atoms with E-state index in [9.17, 15) is 18.0 Å². The summed E-state index contributed by atoms with van der Waals surface area (Å²) < 4.78 is 41.9. The van der Waals surface area contributed by atoms with Crippen LogP contribution in [-0.4, -0.2) is 56.4 Å². The minimum Gasteiger partial charge on any atom is -0.380 e. The second-order valence-electron chi connectivity index (χ2n) is 4.42. The van der Waals surface area contributed by atoms with E-state index in [1.807, 2.05) is 0 Å². The maximum absolute atomic E-state index is 12.3. The molecule has 16 heavy (non-hydrogen) atoms. The van der Waals surface area contributed by atoms with Crippen LogP contribution in [-0.2, 0) is 9.53 Å². The van der Waals surface area contributed by atoms with Gasteiger partial charge in [-0.1, -0.05) is 0 Å². The molecule has 4 nitrogen and oxygen atoms in total. The standard InChI is InChI=1S/C9H13F3N2O2/c1-14(7(15)9(10,11)12)6-2-13-3-8(6)4-16-5-8/h6,13H,2-5H2,1H3/t6-/m0/s1. The Morgan fingerprint density at radius 3 is 2.56 bits per heavy atom. The summed E-state index contributed by atoms with van der Waals surface area (Å²) in [5.41, 5.74) is -0.324. The lowest BCUT2D eigenvalue weighted by atomic mass is 9.80. The minimum atomic E-state index is -4.80. The second-order valence-corrected chi connectivity index (χ2v) is 4.42. The molecule has 0 aromatic carbocycles. The van der Waals surface area contributed by atoms with Crippen molar-refractivity contribution in [1.29, 1.82) is 0 Å². The molecule has 92 valence electrons. The van der Waals surface area contributed by atoms with Crippen molar-refractivity contribution >= 4 is 5.91 Å². The molecule has 0 radical (unpaired) electrons. The van der Waals surface area contributed by atoms with Crippen LogP contribution in [0.2, 0.25) is 0 Å². The van der Waals surface area contributed by atoms with E-state index < -0.39 is 18.1 Å². The van der Waals surface area contributed by atoms with Crippen LogP contribution in [0.25, 0.3) is 0 Å². The number of nitrogens with one attached hydrogen (secondary N) is 1. The van der Waals surface area contributed by atoms with E-state index in [1.54, 1.807) is 0 Å². The number of carbonyl (C=O) groups is 1. The predicted molar refractivity (Wildman–Crippen MR) is 48.7 cm³/mol. The summed E-state index contributed by atoms with van der Waals surface area (Å²) in [6.45, 7) is 1.83. The Hall–Kier alpha value is -0.820. The Morgan fingerprint density at radius 2 is 2.12 bits per heavy atom. The lowest BCUT2D eigenvalue weighted by molar-refractivity contribution is -0.194. The molecule has 1 N–H and O–H groups in total. The Morgan fingerprint density at radius 1 is 1.50 bits per heavy atom. The third kappa shape index (κ3) is 1.67. The molecule has 0 bridgehead atoms. The fourth-order valence-electron chi connectivity index (χ4n) is 2.34. The largest absolute Gasteiger partial charge is 0.471 e. The molecule has 1 atom stereocenters. The summed E-state index contributed by atoms with van der Waals surface area (Å²) in [7, 11) is 1.20. The molecule has 2 aliphatic heterocycles. The van der Waals surface area contributed by atoms with Gasteiger partial charge in [-0.2, -0.15) is 13.2 Å². The number of rotatable bonds is 1. The molecule has 2 rings (SSSR count). The van der Waals surface area contributed by atoms with Crippen LogP contribution in [0.1, 0.15) is 0 Å². The van der Waals surface area contributed by atoms with Crippen LogP contribution in [0.3, 0.4) is 0 Å². The van der Waals surface area contributed by atoms with Crippen molar-refractivity contribution in [3.05, 3.63) is 0 Å². The average Bonchev–Trinajstić information content (AvgIpc) is 2.57. The topological polar surface area (TPSA) is 41.6 Å². The number of carbonyl (C=O) groups excluding carboxylic acids is 1. The van der Waals surface area contributed by atoms with E-state index in [1.165, 1.54) is 7.05 Å². The van der Waals surface area contributed by atoms with Gasteiger partial charge >= 0.3 is 12.1 Å². The minimum absolute atomic E-state index is 0.324. The number of alkyl halides is 3. The number of hydrogen-bond donors (Lipinski definition) is 1.